The zero-order chi connectivity index (χ0) is 10.5. The number of nitrogens with one attached hydrogen (secondary N) is 1. The second-order valence-corrected chi connectivity index (χ2v) is 4.42. The number of aromatic nitrogens is 2. The van der Waals surface area contributed by atoms with E-state index in [1.54, 1.807) is 0 Å². The Hall–Kier alpha value is -1.77. The molecule has 1 aromatic heterocycles. The molecule has 2 aromatic rings. The molecule has 0 amide bonds. The zero-order valence-corrected chi connectivity index (χ0v) is 8.86. The molecule has 15 heavy (non-hydrogen) atoms. The molecule has 0 aliphatic carbocycles. The normalized spacial score (nSPS) is 16.4. The number of nitrogens with zero attached hydrogens (tertiary/aromatic N) is 2. The summed E-state index contributed by atoms with van der Waals surface area (Å²) in [6.45, 7) is 4.33. The van der Waals surface area contributed by atoms with Gasteiger partial charge >= 0.3 is 0 Å². The van der Waals surface area contributed by atoms with Crippen LogP contribution in [0.5, 0.6) is 0 Å². The van der Waals surface area contributed by atoms with Crippen molar-refractivity contribution >= 4 is 5.69 Å². The fourth-order valence-corrected chi connectivity index (χ4v) is 2.14. The molecule has 0 unspecified atom stereocenters. The first kappa shape index (κ1) is 8.53. The quantitative estimate of drug-likeness (QED) is 0.706. The van der Waals surface area contributed by atoms with Gasteiger partial charge in [-0.1, -0.05) is 12.1 Å². The van der Waals surface area contributed by atoms with Gasteiger partial charge in [-0.05, 0) is 26.0 Å². The third-order valence-corrected chi connectivity index (χ3v) is 2.89. The summed E-state index contributed by atoms with van der Waals surface area (Å²) in [5, 5.41) is 3.52. The van der Waals surface area contributed by atoms with Gasteiger partial charge in [-0.25, -0.2) is 4.98 Å². The monoisotopic (exact) mass is 199 g/mol. The summed E-state index contributed by atoms with van der Waals surface area (Å²) in [6.07, 6.45) is 3.79. The Morgan fingerprint density at radius 3 is 2.93 bits per heavy atom. The highest BCUT2D eigenvalue weighted by atomic mass is 15.2. The number of fused-ring (bicyclic) bond motifs is 3. The van der Waals surface area contributed by atoms with Crippen LogP contribution in [-0.4, -0.2) is 9.55 Å². The summed E-state index contributed by atoms with van der Waals surface area (Å²) in [7, 11) is 0. The average molecular weight is 199 g/mol. The Kier molecular flexibility index (Phi) is 1.49. The molecular formula is C12H13N3. The number of imidazole rings is 1. The van der Waals surface area contributed by atoms with Crippen LogP contribution in [0.15, 0.2) is 36.8 Å². The minimum absolute atomic E-state index is 0.0646. The van der Waals surface area contributed by atoms with E-state index in [2.05, 4.69) is 40.8 Å². The van der Waals surface area contributed by atoms with E-state index in [0.717, 1.165) is 5.69 Å². The second kappa shape index (κ2) is 2.63. The van der Waals surface area contributed by atoms with Gasteiger partial charge in [0.05, 0.1) is 35.1 Å². The lowest BCUT2D eigenvalue weighted by Gasteiger charge is -2.34. The molecule has 3 rings (SSSR count). The lowest BCUT2D eigenvalue weighted by atomic mass is 9.97. The van der Waals surface area contributed by atoms with Crippen LogP contribution in [-0.2, 0) is 5.54 Å². The van der Waals surface area contributed by atoms with E-state index in [1.165, 1.54) is 11.4 Å². The Labute approximate surface area is 88.8 Å². The molecular weight excluding hydrogens is 186 g/mol. The highest BCUT2D eigenvalue weighted by molar-refractivity contribution is 5.65. The third kappa shape index (κ3) is 1.09. The molecule has 0 saturated heterocycles. The Bertz CT molecular complexity index is 511. The summed E-state index contributed by atoms with van der Waals surface area (Å²) in [6, 6.07) is 8.29. The molecule has 1 aromatic carbocycles. The number of rotatable bonds is 0. The van der Waals surface area contributed by atoms with Crippen LogP contribution in [0.25, 0.3) is 5.69 Å². The van der Waals surface area contributed by atoms with Crippen LogP contribution in [0.3, 0.4) is 0 Å². The number of benzene rings is 1. The van der Waals surface area contributed by atoms with Crippen molar-refractivity contribution in [1.29, 1.82) is 0 Å². The van der Waals surface area contributed by atoms with Gasteiger partial charge in [0.25, 0.3) is 0 Å². The summed E-state index contributed by atoms with van der Waals surface area (Å²) < 4.78 is 2.14. The minimum atomic E-state index is -0.0646. The van der Waals surface area contributed by atoms with Gasteiger partial charge in [0.1, 0.15) is 0 Å². The maximum atomic E-state index is 4.22. The predicted octanol–water partition coefficient (Wildman–Crippen LogP) is 2.53. The number of anilines is 1. The maximum Gasteiger partial charge on any atom is 0.0995 e. The van der Waals surface area contributed by atoms with Crippen LogP contribution in [0, 0.1) is 0 Å². The number of hydrogen-bond acceptors (Lipinski definition) is 2. The van der Waals surface area contributed by atoms with E-state index < -0.39 is 0 Å². The topological polar surface area (TPSA) is 29.9 Å². The van der Waals surface area contributed by atoms with Gasteiger partial charge in [0, 0.05) is 0 Å². The van der Waals surface area contributed by atoms with Crippen LogP contribution in [0.4, 0.5) is 5.69 Å². The molecule has 3 nitrogen and oxygen atoms in total. The van der Waals surface area contributed by atoms with Crippen molar-refractivity contribution in [3.05, 3.63) is 42.5 Å². The van der Waals surface area contributed by atoms with E-state index in [-0.39, 0.29) is 5.54 Å². The summed E-state index contributed by atoms with van der Waals surface area (Å²) in [5.41, 5.74) is 3.46. The smallest absolute Gasteiger partial charge is 0.0995 e. The Balaban J connectivity index is 2.32. The number of para-hydroxylation sites is 2. The molecule has 76 valence electrons. The van der Waals surface area contributed by atoms with Crippen LogP contribution < -0.4 is 5.32 Å². The van der Waals surface area contributed by atoms with Crippen molar-refractivity contribution in [2.75, 3.05) is 5.32 Å². The SMILES string of the molecule is CC1(C)Nc2ccccc2-n2cncc21. The Morgan fingerprint density at radius 2 is 2.07 bits per heavy atom. The molecule has 0 fully saturated rings. The molecule has 2 heterocycles. The first-order valence-electron chi connectivity index (χ1n) is 5.09. The molecule has 0 atom stereocenters. The molecule has 3 heteroatoms. The van der Waals surface area contributed by atoms with E-state index >= 15 is 0 Å². The molecule has 1 N–H and O–H groups in total. The lowest BCUT2D eigenvalue weighted by molar-refractivity contribution is 0.560. The average Bonchev–Trinajstić information content (AvgIpc) is 2.66. The first-order chi connectivity index (χ1) is 7.18. The number of hydrogen-bond donors (Lipinski definition) is 1. The fraction of sp³-hybridized carbons (Fsp3) is 0.250. The third-order valence-electron chi connectivity index (χ3n) is 2.89. The molecule has 0 spiro atoms. The van der Waals surface area contributed by atoms with E-state index in [0.29, 0.717) is 0 Å². The van der Waals surface area contributed by atoms with Gasteiger partial charge in [-0.2, -0.15) is 0 Å². The second-order valence-electron chi connectivity index (χ2n) is 4.42. The Morgan fingerprint density at radius 1 is 1.27 bits per heavy atom. The molecule has 1 aliphatic heterocycles. The lowest BCUT2D eigenvalue weighted by Crippen LogP contribution is -2.34. The summed E-state index contributed by atoms with van der Waals surface area (Å²) in [4.78, 5) is 4.22. The van der Waals surface area contributed by atoms with Crippen LogP contribution in [0.1, 0.15) is 19.5 Å². The van der Waals surface area contributed by atoms with Crippen molar-refractivity contribution in [3.63, 3.8) is 0 Å². The molecule has 0 bridgehead atoms. The standard InChI is InChI=1S/C12H13N3/c1-12(2)11-7-13-8-15(11)10-6-4-3-5-9(10)14-12/h3-8,14H,1-2H3. The van der Waals surface area contributed by atoms with E-state index in [1.807, 2.05) is 24.7 Å². The van der Waals surface area contributed by atoms with Crippen molar-refractivity contribution in [1.82, 2.24) is 9.55 Å². The predicted molar refractivity (Wildman–Crippen MR) is 60.2 cm³/mol. The van der Waals surface area contributed by atoms with Crippen molar-refractivity contribution < 1.29 is 0 Å². The summed E-state index contributed by atoms with van der Waals surface area (Å²) in [5.74, 6) is 0. The fourth-order valence-electron chi connectivity index (χ4n) is 2.14. The zero-order valence-electron chi connectivity index (χ0n) is 8.86. The van der Waals surface area contributed by atoms with Gasteiger partial charge in [-0.15, -0.1) is 0 Å². The van der Waals surface area contributed by atoms with Crippen molar-refractivity contribution in [3.8, 4) is 5.69 Å². The largest absolute Gasteiger partial charge is 0.373 e. The van der Waals surface area contributed by atoms with Crippen LogP contribution >= 0.6 is 0 Å². The van der Waals surface area contributed by atoms with E-state index in [9.17, 15) is 0 Å². The van der Waals surface area contributed by atoms with Gasteiger partial charge in [0.2, 0.25) is 0 Å². The highest BCUT2D eigenvalue weighted by Gasteiger charge is 2.30. The molecule has 1 aliphatic rings. The summed E-state index contributed by atoms with van der Waals surface area (Å²) >= 11 is 0. The highest BCUT2D eigenvalue weighted by Crippen LogP contribution is 2.35. The minimum Gasteiger partial charge on any atom is -0.373 e. The molecule has 0 radical (unpaired) electrons. The molecule has 0 saturated carbocycles. The van der Waals surface area contributed by atoms with Gasteiger partial charge in [0.15, 0.2) is 0 Å². The van der Waals surface area contributed by atoms with Gasteiger partial charge in [-0.3, -0.25) is 4.57 Å². The van der Waals surface area contributed by atoms with Gasteiger partial charge < -0.3 is 5.32 Å². The van der Waals surface area contributed by atoms with E-state index in [4.69, 9.17) is 0 Å². The van der Waals surface area contributed by atoms with Crippen molar-refractivity contribution in [2.45, 2.75) is 19.4 Å². The van der Waals surface area contributed by atoms with Crippen molar-refractivity contribution in [2.24, 2.45) is 0 Å². The first-order valence-corrected chi connectivity index (χ1v) is 5.09. The maximum absolute atomic E-state index is 4.22. The van der Waals surface area contributed by atoms with Crippen LogP contribution in [0.2, 0.25) is 0 Å².